The maximum absolute atomic E-state index is 12.5. The van der Waals surface area contributed by atoms with Gasteiger partial charge in [0.1, 0.15) is 0 Å². The second kappa shape index (κ2) is 63.6. The largest absolute Gasteiger partial charge is 0.466 e. The van der Waals surface area contributed by atoms with Gasteiger partial charge >= 0.3 is 5.97 Å². The summed E-state index contributed by atoms with van der Waals surface area (Å²) in [6, 6.07) is -0.626. The third-order valence-corrected chi connectivity index (χ3v) is 15.4. The summed E-state index contributed by atoms with van der Waals surface area (Å²) in [4.78, 5) is 24.5. The van der Waals surface area contributed by atoms with Gasteiger partial charge in [-0.3, -0.25) is 9.59 Å². The average Bonchev–Trinajstić information content (AvgIpc) is 3.40. The van der Waals surface area contributed by atoms with E-state index in [1.165, 1.54) is 283 Å². The number of aliphatic hydroxyl groups is 2. The molecule has 1 amide bonds. The molecule has 0 aliphatic rings. The van der Waals surface area contributed by atoms with Gasteiger partial charge in [-0.05, 0) is 64.2 Å². The highest BCUT2D eigenvalue weighted by Gasteiger charge is 2.18. The van der Waals surface area contributed by atoms with Crippen LogP contribution in [-0.4, -0.2) is 47.4 Å². The quantitative estimate of drug-likeness (QED) is 0.0320. The molecule has 0 aromatic rings. The number of rotatable bonds is 62. The lowest BCUT2D eigenvalue weighted by Gasteiger charge is -2.20. The topological polar surface area (TPSA) is 95.9 Å². The van der Waals surface area contributed by atoms with E-state index in [0.717, 1.165) is 51.4 Å². The summed E-state index contributed by atoms with van der Waals surface area (Å²) in [6.45, 7) is 4.89. The second-order valence-electron chi connectivity index (χ2n) is 22.8. The first-order chi connectivity index (χ1) is 36.5. The number of carbonyl (C=O) groups excluding carboxylic acids is 2. The van der Waals surface area contributed by atoms with Crippen molar-refractivity contribution in [1.82, 2.24) is 5.32 Å². The molecule has 0 rings (SSSR count). The van der Waals surface area contributed by atoms with E-state index < -0.39 is 12.1 Å². The van der Waals surface area contributed by atoms with E-state index in [1.54, 1.807) is 6.08 Å². The average molecular weight is 1040 g/mol. The minimum absolute atomic E-state index is 0.00301. The van der Waals surface area contributed by atoms with Crippen molar-refractivity contribution in [2.75, 3.05) is 13.2 Å². The van der Waals surface area contributed by atoms with E-state index in [0.29, 0.717) is 19.4 Å². The molecule has 3 N–H and O–H groups in total. The van der Waals surface area contributed by atoms with Crippen LogP contribution in [0.2, 0.25) is 0 Å². The molecule has 0 heterocycles. The number of esters is 1. The highest BCUT2D eigenvalue weighted by atomic mass is 16.5. The van der Waals surface area contributed by atoms with Gasteiger partial charge in [-0.1, -0.05) is 320 Å². The molecule has 436 valence electrons. The van der Waals surface area contributed by atoms with E-state index in [4.69, 9.17) is 4.74 Å². The van der Waals surface area contributed by atoms with Crippen LogP contribution in [0.1, 0.15) is 361 Å². The Morgan fingerprint density at radius 2 is 0.676 bits per heavy atom. The molecule has 6 heteroatoms. The van der Waals surface area contributed by atoms with Gasteiger partial charge in [0.2, 0.25) is 5.91 Å². The third kappa shape index (κ3) is 59.3. The molecule has 0 radical (unpaired) electrons. The fourth-order valence-electron chi connectivity index (χ4n) is 10.3. The first kappa shape index (κ1) is 72.1. The summed E-state index contributed by atoms with van der Waals surface area (Å²) in [6.07, 6.45) is 80.6. The summed E-state index contributed by atoms with van der Waals surface area (Å²) in [5.41, 5.74) is 0. The second-order valence-corrected chi connectivity index (χ2v) is 22.8. The molecule has 74 heavy (non-hydrogen) atoms. The predicted octanol–water partition coefficient (Wildman–Crippen LogP) is 21.1. The van der Waals surface area contributed by atoms with Crippen LogP contribution < -0.4 is 5.32 Å². The number of unbranched alkanes of at least 4 members (excludes halogenated alkanes) is 47. The van der Waals surface area contributed by atoms with Crippen LogP contribution in [0, 0.1) is 0 Å². The zero-order valence-electron chi connectivity index (χ0n) is 49.8. The van der Waals surface area contributed by atoms with Gasteiger partial charge in [-0.2, -0.15) is 0 Å². The molecule has 0 saturated carbocycles. The van der Waals surface area contributed by atoms with Gasteiger partial charge < -0.3 is 20.3 Å². The zero-order valence-corrected chi connectivity index (χ0v) is 49.8. The van der Waals surface area contributed by atoms with Crippen molar-refractivity contribution in [3.05, 3.63) is 36.5 Å². The maximum atomic E-state index is 12.5. The monoisotopic (exact) mass is 1040 g/mol. The van der Waals surface area contributed by atoms with Gasteiger partial charge in [0.05, 0.1) is 25.4 Å². The van der Waals surface area contributed by atoms with Gasteiger partial charge in [-0.25, -0.2) is 0 Å². The number of nitrogens with one attached hydrogen (secondary N) is 1. The van der Waals surface area contributed by atoms with Crippen LogP contribution in [0.5, 0.6) is 0 Å². The summed E-state index contributed by atoms with van der Waals surface area (Å²) < 4.78 is 5.48. The van der Waals surface area contributed by atoms with Crippen molar-refractivity contribution < 1.29 is 24.5 Å². The summed E-state index contributed by atoms with van der Waals surface area (Å²) in [5, 5.41) is 23.2. The molecule has 0 bridgehead atoms. The number of amides is 1. The van der Waals surface area contributed by atoms with Crippen LogP contribution in [0.25, 0.3) is 0 Å². The Hall–Kier alpha value is -1.92. The lowest BCUT2D eigenvalue weighted by Crippen LogP contribution is -2.45. The van der Waals surface area contributed by atoms with Crippen LogP contribution >= 0.6 is 0 Å². The number of ether oxygens (including phenoxy) is 1. The fraction of sp³-hybridized carbons (Fsp3) is 0.882. The fourth-order valence-corrected chi connectivity index (χ4v) is 10.3. The van der Waals surface area contributed by atoms with E-state index in [1.807, 2.05) is 6.08 Å². The lowest BCUT2D eigenvalue weighted by atomic mass is 10.0. The number of carbonyl (C=O) groups is 2. The van der Waals surface area contributed by atoms with E-state index in [9.17, 15) is 19.8 Å². The van der Waals surface area contributed by atoms with Crippen molar-refractivity contribution in [1.29, 1.82) is 0 Å². The molecule has 2 atom stereocenters. The minimum Gasteiger partial charge on any atom is -0.466 e. The SMILES string of the molecule is CCCCC/C=C\C/C=C\CCCCCCCC(=O)OCCCCCCCCCCCCCCCCCCCCCCCCCCCCC(=O)NC(CO)C(O)/C=C/CCCCCCCCCCCCCCCC. The molecular weight excluding hydrogens is 911 g/mol. The number of allylic oxidation sites excluding steroid dienone is 5. The zero-order chi connectivity index (χ0) is 53.6. The van der Waals surface area contributed by atoms with Crippen LogP contribution in [0.15, 0.2) is 36.5 Å². The Morgan fingerprint density at radius 3 is 1.05 bits per heavy atom. The molecule has 0 saturated heterocycles. The van der Waals surface area contributed by atoms with Crippen molar-refractivity contribution in [3.8, 4) is 0 Å². The van der Waals surface area contributed by atoms with E-state index >= 15 is 0 Å². The van der Waals surface area contributed by atoms with Crippen LogP contribution in [0.3, 0.4) is 0 Å². The number of hydrogen-bond acceptors (Lipinski definition) is 5. The summed E-state index contributed by atoms with van der Waals surface area (Å²) >= 11 is 0. The molecule has 0 spiro atoms. The molecule has 6 nitrogen and oxygen atoms in total. The minimum atomic E-state index is -0.843. The van der Waals surface area contributed by atoms with Crippen molar-refractivity contribution >= 4 is 11.9 Å². The first-order valence-corrected chi connectivity index (χ1v) is 33.3. The third-order valence-electron chi connectivity index (χ3n) is 15.4. The Bertz CT molecular complexity index is 1200. The molecule has 0 aliphatic heterocycles. The predicted molar refractivity (Wildman–Crippen MR) is 324 cm³/mol. The molecule has 2 unspecified atom stereocenters. The first-order valence-electron chi connectivity index (χ1n) is 33.3. The van der Waals surface area contributed by atoms with Crippen LogP contribution in [-0.2, 0) is 14.3 Å². The van der Waals surface area contributed by atoms with Gasteiger partial charge in [0.15, 0.2) is 0 Å². The van der Waals surface area contributed by atoms with Gasteiger partial charge in [0, 0.05) is 12.8 Å². The number of aliphatic hydroxyl groups excluding tert-OH is 2. The molecular formula is C68H129NO5. The lowest BCUT2D eigenvalue weighted by molar-refractivity contribution is -0.143. The van der Waals surface area contributed by atoms with Crippen molar-refractivity contribution in [3.63, 3.8) is 0 Å². The standard InChI is InChI=1S/C68H129NO5/c1-3-5-7-9-11-13-15-17-19-33-36-40-44-48-52-56-60-66(71)65(64-70)69-67(72)61-57-53-49-45-41-37-34-30-28-26-24-22-20-21-23-25-27-29-31-35-39-43-47-51-55-59-63-74-68(73)62-58-54-50-46-42-38-32-18-16-14-12-10-8-6-4-2/h12,14,18,32,56,60,65-66,70-71H,3-11,13,15-17,19-31,33-55,57-59,61-64H2,1-2H3,(H,69,72)/b14-12-,32-18-,60-56+. The smallest absolute Gasteiger partial charge is 0.305 e. The summed E-state index contributed by atoms with van der Waals surface area (Å²) in [7, 11) is 0. The molecule has 0 aromatic carbocycles. The van der Waals surface area contributed by atoms with Crippen molar-refractivity contribution in [2.45, 2.75) is 373 Å². The highest BCUT2D eigenvalue weighted by Crippen LogP contribution is 2.18. The Morgan fingerprint density at radius 1 is 0.378 bits per heavy atom. The van der Waals surface area contributed by atoms with Crippen molar-refractivity contribution in [2.24, 2.45) is 0 Å². The maximum Gasteiger partial charge on any atom is 0.305 e. The van der Waals surface area contributed by atoms with E-state index in [-0.39, 0.29) is 18.5 Å². The van der Waals surface area contributed by atoms with Gasteiger partial charge in [-0.15, -0.1) is 0 Å². The Labute approximate surface area is 462 Å². The van der Waals surface area contributed by atoms with Gasteiger partial charge in [0.25, 0.3) is 0 Å². The molecule has 0 aliphatic carbocycles. The molecule has 0 aromatic heterocycles. The highest BCUT2D eigenvalue weighted by molar-refractivity contribution is 5.76. The number of hydrogen-bond donors (Lipinski definition) is 3. The summed E-state index contributed by atoms with van der Waals surface area (Å²) in [5.74, 6) is -0.0608. The normalized spacial score (nSPS) is 12.8. The van der Waals surface area contributed by atoms with Crippen LogP contribution in [0.4, 0.5) is 0 Å². The Balaban J connectivity index is 3.38. The van der Waals surface area contributed by atoms with E-state index in [2.05, 4.69) is 43.5 Å². The molecule has 0 fully saturated rings. The Kier molecular flexibility index (Phi) is 62.0.